The van der Waals surface area contributed by atoms with Crippen LogP contribution in [0.15, 0.2) is 18.2 Å². The van der Waals surface area contributed by atoms with E-state index >= 15 is 0 Å². The summed E-state index contributed by atoms with van der Waals surface area (Å²) in [5.74, 6) is 0.636. The van der Waals surface area contributed by atoms with Gasteiger partial charge in [0, 0.05) is 16.1 Å². The number of hydrogen-bond donors (Lipinski definition) is 1. The Hall–Kier alpha value is -0.240. The number of benzene rings is 1. The van der Waals surface area contributed by atoms with E-state index in [1.807, 2.05) is 25.2 Å². The minimum atomic E-state index is 0.462. The molecule has 0 aromatic heterocycles. The Labute approximate surface area is 108 Å². The van der Waals surface area contributed by atoms with Gasteiger partial charge in [0.05, 0.1) is 0 Å². The van der Waals surface area contributed by atoms with Crippen LogP contribution in [0.3, 0.4) is 0 Å². The molecule has 0 aliphatic carbocycles. The maximum absolute atomic E-state index is 6.17. The summed E-state index contributed by atoms with van der Waals surface area (Å²) in [6, 6.07) is 6.18. The molecule has 0 heterocycles. The first-order valence-electron chi connectivity index (χ1n) is 5.69. The second kappa shape index (κ2) is 6.48. The van der Waals surface area contributed by atoms with Gasteiger partial charge in [-0.3, -0.25) is 0 Å². The predicted molar refractivity (Wildman–Crippen MR) is 72.5 cm³/mol. The van der Waals surface area contributed by atoms with E-state index in [0.717, 1.165) is 23.4 Å². The SMILES string of the molecule is CCC(C)C(Cc1ccc(Cl)cc1Cl)NC. The van der Waals surface area contributed by atoms with Gasteiger partial charge >= 0.3 is 0 Å². The van der Waals surface area contributed by atoms with Crippen LogP contribution in [0.2, 0.25) is 10.0 Å². The molecule has 0 amide bonds. The maximum atomic E-state index is 6.17. The summed E-state index contributed by atoms with van der Waals surface area (Å²) in [6.07, 6.45) is 2.11. The molecule has 0 fully saturated rings. The standard InChI is InChI=1S/C13H19Cl2N/c1-4-9(2)13(16-3)7-10-5-6-11(14)8-12(10)15/h5-6,8-9,13,16H,4,7H2,1-3H3. The van der Waals surface area contributed by atoms with Crippen LogP contribution in [0, 0.1) is 5.92 Å². The number of nitrogens with one attached hydrogen (secondary N) is 1. The quantitative estimate of drug-likeness (QED) is 0.837. The second-order valence-electron chi connectivity index (χ2n) is 4.22. The van der Waals surface area contributed by atoms with Crippen molar-refractivity contribution in [1.82, 2.24) is 5.32 Å². The van der Waals surface area contributed by atoms with Crippen LogP contribution in [-0.2, 0) is 6.42 Å². The zero-order valence-corrected chi connectivity index (χ0v) is 11.6. The van der Waals surface area contributed by atoms with Crippen molar-refractivity contribution in [1.29, 1.82) is 0 Å². The summed E-state index contributed by atoms with van der Waals surface area (Å²) in [6.45, 7) is 4.46. The van der Waals surface area contributed by atoms with Gasteiger partial charge in [-0.2, -0.15) is 0 Å². The molecule has 0 saturated heterocycles. The molecule has 3 heteroatoms. The molecule has 0 aliphatic rings. The summed E-state index contributed by atoms with van der Waals surface area (Å²) >= 11 is 12.0. The first kappa shape index (κ1) is 13.8. The lowest BCUT2D eigenvalue weighted by Crippen LogP contribution is -2.33. The van der Waals surface area contributed by atoms with Crippen LogP contribution in [0.25, 0.3) is 0 Å². The van der Waals surface area contributed by atoms with Crippen LogP contribution in [0.4, 0.5) is 0 Å². The smallest absolute Gasteiger partial charge is 0.0453 e. The minimum absolute atomic E-state index is 0.462. The Morgan fingerprint density at radius 2 is 2.00 bits per heavy atom. The van der Waals surface area contributed by atoms with Crippen molar-refractivity contribution < 1.29 is 0 Å². The highest BCUT2D eigenvalue weighted by Crippen LogP contribution is 2.23. The van der Waals surface area contributed by atoms with Crippen LogP contribution in [0.1, 0.15) is 25.8 Å². The zero-order valence-electron chi connectivity index (χ0n) is 10.1. The monoisotopic (exact) mass is 259 g/mol. The Bertz CT molecular complexity index is 339. The van der Waals surface area contributed by atoms with E-state index in [1.165, 1.54) is 0 Å². The van der Waals surface area contributed by atoms with Crippen LogP contribution in [0.5, 0.6) is 0 Å². The Morgan fingerprint density at radius 3 is 2.50 bits per heavy atom. The Kier molecular flexibility index (Phi) is 5.60. The highest BCUT2D eigenvalue weighted by Gasteiger charge is 2.15. The van der Waals surface area contributed by atoms with Crippen LogP contribution >= 0.6 is 23.2 Å². The molecule has 0 spiro atoms. The predicted octanol–water partition coefficient (Wildman–Crippen LogP) is 4.17. The van der Waals surface area contributed by atoms with Gasteiger partial charge in [-0.1, -0.05) is 49.5 Å². The van der Waals surface area contributed by atoms with Crippen molar-refractivity contribution in [2.24, 2.45) is 5.92 Å². The maximum Gasteiger partial charge on any atom is 0.0453 e. The molecule has 1 N–H and O–H groups in total. The van der Waals surface area contributed by atoms with Crippen molar-refractivity contribution in [2.75, 3.05) is 7.05 Å². The fourth-order valence-electron chi connectivity index (χ4n) is 1.80. The highest BCUT2D eigenvalue weighted by atomic mass is 35.5. The lowest BCUT2D eigenvalue weighted by Gasteiger charge is -2.23. The molecular weight excluding hydrogens is 241 g/mol. The first-order chi connectivity index (χ1) is 7.58. The first-order valence-corrected chi connectivity index (χ1v) is 6.45. The van der Waals surface area contributed by atoms with E-state index < -0.39 is 0 Å². The summed E-state index contributed by atoms with van der Waals surface area (Å²) in [7, 11) is 2.00. The number of rotatable bonds is 5. The topological polar surface area (TPSA) is 12.0 Å². The normalized spacial score (nSPS) is 14.8. The van der Waals surface area contributed by atoms with E-state index in [4.69, 9.17) is 23.2 Å². The summed E-state index contributed by atoms with van der Waals surface area (Å²) in [5, 5.41) is 4.80. The molecule has 1 aromatic rings. The average Bonchev–Trinajstić information content (AvgIpc) is 2.27. The number of halogens is 2. The third-order valence-electron chi connectivity index (χ3n) is 3.16. The van der Waals surface area contributed by atoms with E-state index in [2.05, 4.69) is 19.2 Å². The van der Waals surface area contributed by atoms with Gasteiger partial charge in [-0.25, -0.2) is 0 Å². The number of hydrogen-bond acceptors (Lipinski definition) is 1. The van der Waals surface area contributed by atoms with E-state index in [1.54, 1.807) is 0 Å². The van der Waals surface area contributed by atoms with Crippen molar-refractivity contribution in [2.45, 2.75) is 32.7 Å². The van der Waals surface area contributed by atoms with E-state index in [0.29, 0.717) is 17.0 Å². The molecule has 0 saturated carbocycles. The average molecular weight is 260 g/mol. The van der Waals surface area contributed by atoms with Crippen LogP contribution in [-0.4, -0.2) is 13.1 Å². The summed E-state index contributed by atoms with van der Waals surface area (Å²) in [5.41, 5.74) is 1.16. The molecule has 2 unspecified atom stereocenters. The molecule has 1 rings (SSSR count). The van der Waals surface area contributed by atoms with E-state index in [-0.39, 0.29) is 0 Å². The minimum Gasteiger partial charge on any atom is -0.316 e. The van der Waals surface area contributed by atoms with Gasteiger partial charge in [0.2, 0.25) is 0 Å². The van der Waals surface area contributed by atoms with Gasteiger partial charge in [0.15, 0.2) is 0 Å². The molecule has 1 nitrogen and oxygen atoms in total. The Balaban J connectivity index is 2.78. The van der Waals surface area contributed by atoms with Gasteiger partial charge in [0.25, 0.3) is 0 Å². The molecule has 90 valence electrons. The second-order valence-corrected chi connectivity index (χ2v) is 5.06. The van der Waals surface area contributed by atoms with Gasteiger partial charge < -0.3 is 5.32 Å². The lowest BCUT2D eigenvalue weighted by atomic mass is 9.93. The zero-order chi connectivity index (χ0) is 12.1. The summed E-state index contributed by atoms with van der Waals surface area (Å²) < 4.78 is 0. The molecule has 1 aromatic carbocycles. The third-order valence-corrected chi connectivity index (χ3v) is 3.74. The molecule has 0 radical (unpaired) electrons. The van der Waals surface area contributed by atoms with Gasteiger partial charge in [0.1, 0.15) is 0 Å². The Morgan fingerprint density at radius 1 is 1.31 bits per heavy atom. The molecule has 2 atom stereocenters. The number of likely N-dealkylation sites (N-methyl/N-ethyl adjacent to an activating group) is 1. The molecule has 0 bridgehead atoms. The van der Waals surface area contributed by atoms with Crippen molar-refractivity contribution in [3.05, 3.63) is 33.8 Å². The lowest BCUT2D eigenvalue weighted by molar-refractivity contribution is 0.386. The van der Waals surface area contributed by atoms with Crippen molar-refractivity contribution in [3.63, 3.8) is 0 Å². The fraction of sp³-hybridized carbons (Fsp3) is 0.538. The van der Waals surface area contributed by atoms with Crippen LogP contribution < -0.4 is 5.32 Å². The highest BCUT2D eigenvalue weighted by molar-refractivity contribution is 6.35. The van der Waals surface area contributed by atoms with Crippen molar-refractivity contribution in [3.8, 4) is 0 Å². The third kappa shape index (κ3) is 3.65. The largest absolute Gasteiger partial charge is 0.316 e. The molecule has 16 heavy (non-hydrogen) atoms. The summed E-state index contributed by atoms with van der Waals surface area (Å²) in [4.78, 5) is 0. The fourth-order valence-corrected chi connectivity index (χ4v) is 2.28. The van der Waals surface area contributed by atoms with Gasteiger partial charge in [-0.15, -0.1) is 0 Å². The van der Waals surface area contributed by atoms with E-state index in [9.17, 15) is 0 Å². The molecular formula is C13H19Cl2N. The van der Waals surface area contributed by atoms with Crippen molar-refractivity contribution >= 4 is 23.2 Å². The molecule has 0 aliphatic heterocycles. The van der Waals surface area contributed by atoms with Gasteiger partial charge in [-0.05, 0) is 37.1 Å².